The van der Waals surface area contributed by atoms with Gasteiger partial charge >= 0.3 is 0 Å². The lowest BCUT2D eigenvalue weighted by Gasteiger charge is -2.32. The third kappa shape index (κ3) is 5.46. The molecule has 0 aromatic heterocycles. The predicted molar refractivity (Wildman–Crippen MR) is 104 cm³/mol. The number of hydrogen-bond donors (Lipinski definition) is 2. The quantitative estimate of drug-likeness (QED) is 0.530. The van der Waals surface area contributed by atoms with Crippen molar-refractivity contribution in [3.05, 3.63) is 23.3 Å². The van der Waals surface area contributed by atoms with Gasteiger partial charge in [0.1, 0.15) is 13.1 Å². The van der Waals surface area contributed by atoms with Crippen LogP contribution in [0.15, 0.2) is 23.3 Å². The Kier molecular flexibility index (Phi) is 7.56. The average Bonchev–Trinajstić information content (AvgIpc) is 2.46. The fraction of sp³-hybridized carbons (Fsp3) is 0.818. The molecule has 0 fully saturated rings. The lowest BCUT2D eigenvalue weighted by molar-refractivity contribution is -0.729. The molecular formula is C22H42N2+2. The molecule has 138 valence electrons. The minimum Gasteiger partial charge on any atom is -0.341 e. The van der Waals surface area contributed by atoms with Crippen LogP contribution in [0.25, 0.3) is 0 Å². The Morgan fingerprint density at radius 3 is 1.46 bits per heavy atom. The van der Waals surface area contributed by atoms with Crippen LogP contribution in [-0.4, -0.2) is 26.2 Å². The minimum absolute atomic E-state index is 0.757. The van der Waals surface area contributed by atoms with Gasteiger partial charge in [0.05, 0.1) is 13.1 Å². The fourth-order valence-electron chi connectivity index (χ4n) is 5.39. The molecule has 4 N–H and O–H groups in total. The van der Waals surface area contributed by atoms with Gasteiger partial charge in [-0.1, -0.05) is 51.0 Å². The van der Waals surface area contributed by atoms with Crippen LogP contribution in [0.4, 0.5) is 0 Å². The lowest BCUT2D eigenvalue weighted by atomic mass is 9.75. The first kappa shape index (κ1) is 19.7. The van der Waals surface area contributed by atoms with Crippen molar-refractivity contribution in [2.75, 3.05) is 26.2 Å². The van der Waals surface area contributed by atoms with Gasteiger partial charge in [-0.3, -0.25) is 0 Å². The van der Waals surface area contributed by atoms with Gasteiger partial charge in [0, 0.05) is 11.8 Å². The summed E-state index contributed by atoms with van der Waals surface area (Å²) >= 11 is 0. The summed E-state index contributed by atoms with van der Waals surface area (Å²) in [6.07, 6.45) is 7.62. The Balaban J connectivity index is 1.62. The monoisotopic (exact) mass is 334 g/mol. The zero-order valence-electron chi connectivity index (χ0n) is 17.0. The Labute approximate surface area is 150 Å². The van der Waals surface area contributed by atoms with Crippen molar-refractivity contribution >= 4 is 0 Å². The van der Waals surface area contributed by atoms with E-state index in [1.54, 1.807) is 11.1 Å². The Bertz CT molecular complexity index is 409. The highest BCUT2D eigenvalue weighted by molar-refractivity contribution is 5.08. The number of rotatable bonds is 7. The maximum Gasteiger partial charge on any atom is 0.125 e. The SMILES string of the molecule is CC1=C[C@H](C)[C@H](C[NH2+]CC[NH2+]C[C@@H]2[C@H](C)CC(C)=C[C@@H]2C)[C@H](C)C1. The van der Waals surface area contributed by atoms with Crippen LogP contribution in [0, 0.1) is 35.5 Å². The maximum absolute atomic E-state index is 2.57. The third-order valence-electron chi connectivity index (χ3n) is 6.65. The lowest BCUT2D eigenvalue weighted by Crippen LogP contribution is -2.96. The van der Waals surface area contributed by atoms with Crippen LogP contribution in [0.2, 0.25) is 0 Å². The number of quaternary nitrogens is 2. The number of nitrogens with two attached hydrogens (primary N) is 2. The molecule has 2 nitrogen and oxygen atoms in total. The van der Waals surface area contributed by atoms with Crippen LogP contribution in [0.3, 0.4) is 0 Å². The molecule has 2 aliphatic rings. The second-order valence-corrected chi connectivity index (χ2v) is 9.06. The molecule has 24 heavy (non-hydrogen) atoms. The standard InChI is InChI=1S/C22H40N2/c1-15-9-17(3)21(18(4)10-15)13-23-7-8-24-14-22-19(5)11-16(2)12-20(22)6/h9,11,17-24H,7-8,10,12-14H2,1-6H3/p+2/t17-,18+,19-,20+,21-,22-/m0/s1. The van der Waals surface area contributed by atoms with E-state index >= 15 is 0 Å². The molecule has 2 heteroatoms. The summed E-state index contributed by atoms with van der Waals surface area (Å²) in [4.78, 5) is 0. The van der Waals surface area contributed by atoms with Crippen molar-refractivity contribution in [1.82, 2.24) is 0 Å². The number of allylic oxidation sites excluding steroid dienone is 4. The van der Waals surface area contributed by atoms with Crippen molar-refractivity contribution in [3.8, 4) is 0 Å². The molecule has 0 saturated heterocycles. The van der Waals surface area contributed by atoms with E-state index in [1.807, 2.05) is 0 Å². The fourth-order valence-corrected chi connectivity index (χ4v) is 5.39. The Hall–Kier alpha value is -0.600. The van der Waals surface area contributed by atoms with E-state index in [9.17, 15) is 0 Å². The van der Waals surface area contributed by atoms with E-state index in [0.29, 0.717) is 0 Å². The van der Waals surface area contributed by atoms with E-state index in [2.05, 4.69) is 64.3 Å². The van der Waals surface area contributed by atoms with Crippen LogP contribution < -0.4 is 10.6 Å². The maximum atomic E-state index is 2.57. The molecule has 0 heterocycles. The minimum atomic E-state index is 0.757. The highest BCUT2D eigenvalue weighted by Gasteiger charge is 2.29. The second kappa shape index (κ2) is 9.20. The van der Waals surface area contributed by atoms with Crippen molar-refractivity contribution in [3.63, 3.8) is 0 Å². The van der Waals surface area contributed by atoms with Gasteiger partial charge in [-0.25, -0.2) is 0 Å². The summed E-state index contributed by atoms with van der Waals surface area (Å²) < 4.78 is 0. The van der Waals surface area contributed by atoms with Crippen LogP contribution in [-0.2, 0) is 0 Å². The summed E-state index contributed by atoms with van der Waals surface area (Å²) in [6.45, 7) is 19.4. The molecule has 0 aromatic rings. The summed E-state index contributed by atoms with van der Waals surface area (Å²) in [6, 6.07) is 0. The zero-order valence-corrected chi connectivity index (χ0v) is 17.0. The van der Waals surface area contributed by atoms with Crippen molar-refractivity contribution < 1.29 is 10.6 Å². The molecule has 2 aliphatic carbocycles. The first-order valence-corrected chi connectivity index (χ1v) is 10.4. The van der Waals surface area contributed by atoms with Crippen LogP contribution in [0.1, 0.15) is 54.4 Å². The first-order chi connectivity index (χ1) is 11.4. The van der Waals surface area contributed by atoms with Gasteiger partial charge in [0.2, 0.25) is 0 Å². The van der Waals surface area contributed by atoms with Crippen molar-refractivity contribution in [2.24, 2.45) is 35.5 Å². The van der Waals surface area contributed by atoms with Gasteiger partial charge in [0.15, 0.2) is 0 Å². The molecular weight excluding hydrogens is 292 g/mol. The van der Waals surface area contributed by atoms with E-state index in [-0.39, 0.29) is 0 Å². The largest absolute Gasteiger partial charge is 0.341 e. The molecule has 0 amide bonds. The molecule has 0 radical (unpaired) electrons. The van der Waals surface area contributed by atoms with Crippen molar-refractivity contribution in [1.29, 1.82) is 0 Å². The molecule has 0 spiro atoms. The van der Waals surface area contributed by atoms with Crippen LogP contribution >= 0.6 is 0 Å². The third-order valence-corrected chi connectivity index (χ3v) is 6.65. The zero-order chi connectivity index (χ0) is 17.7. The highest BCUT2D eigenvalue weighted by Crippen LogP contribution is 2.33. The Morgan fingerprint density at radius 1 is 0.750 bits per heavy atom. The molecule has 0 aromatic carbocycles. The average molecular weight is 335 g/mol. The highest BCUT2D eigenvalue weighted by atomic mass is 14.9. The number of hydrogen-bond acceptors (Lipinski definition) is 0. The molecule has 0 unspecified atom stereocenters. The molecule has 0 bridgehead atoms. The molecule has 6 atom stereocenters. The first-order valence-electron chi connectivity index (χ1n) is 10.4. The predicted octanol–water partition coefficient (Wildman–Crippen LogP) is 2.59. The van der Waals surface area contributed by atoms with Gasteiger partial charge in [-0.15, -0.1) is 0 Å². The summed E-state index contributed by atoms with van der Waals surface area (Å²) in [5, 5.41) is 5.14. The van der Waals surface area contributed by atoms with E-state index in [4.69, 9.17) is 0 Å². The van der Waals surface area contributed by atoms with Gasteiger partial charge in [-0.05, 0) is 50.4 Å². The van der Waals surface area contributed by atoms with E-state index < -0.39 is 0 Å². The smallest absolute Gasteiger partial charge is 0.125 e. The summed E-state index contributed by atoms with van der Waals surface area (Å²) in [5.41, 5.74) is 3.19. The van der Waals surface area contributed by atoms with E-state index in [0.717, 1.165) is 35.5 Å². The van der Waals surface area contributed by atoms with Crippen molar-refractivity contribution in [2.45, 2.75) is 54.4 Å². The van der Waals surface area contributed by atoms with Gasteiger partial charge in [-0.2, -0.15) is 0 Å². The Morgan fingerprint density at radius 2 is 1.12 bits per heavy atom. The molecule has 2 rings (SSSR count). The van der Waals surface area contributed by atoms with Gasteiger partial charge < -0.3 is 10.6 Å². The normalized spacial score (nSPS) is 37.1. The summed E-state index contributed by atoms with van der Waals surface area (Å²) in [5.74, 6) is 4.94. The van der Waals surface area contributed by atoms with Gasteiger partial charge in [0.25, 0.3) is 0 Å². The second-order valence-electron chi connectivity index (χ2n) is 9.06. The van der Waals surface area contributed by atoms with Crippen LogP contribution in [0.5, 0.6) is 0 Å². The summed E-state index contributed by atoms with van der Waals surface area (Å²) in [7, 11) is 0. The van der Waals surface area contributed by atoms with E-state index in [1.165, 1.54) is 39.0 Å². The molecule has 0 saturated carbocycles. The topological polar surface area (TPSA) is 33.2 Å². The molecule has 0 aliphatic heterocycles.